The Balaban J connectivity index is 2.49. The van der Waals surface area contributed by atoms with Gasteiger partial charge >= 0.3 is 0 Å². The van der Waals surface area contributed by atoms with Gasteiger partial charge in [0.1, 0.15) is 0 Å². The van der Waals surface area contributed by atoms with Crippen molar-refractivity contribution in [2.45, 2.75) is 31.7 Å². The van der Waals surface area contributed by atoms with Crippen LogP contribution in [-0.4, -0.2) is 18.3 Å². The lowest BCUT2D eigenvalue weighted by Gasteiger charge is -2.29. The van der Waals surface area contributed by atoms with E-state index >= 15 is 0 Å². The molecule has 1 aromatic carbocycles. The zero-order chi connectivity index (χ0) is 12.6. The van der Waals surface area contributed by atoms with E-state index in [1.165, 1.54) is 0 Å². The van der Waals surface area contributed by atoms with Gasteiger partial charge in [-0.1, -0.05) is 30.3 Å². The minimum Gasteiger partial charge on any atom is -0.394 e. The van der Waals surface area contributed by atoms with E-state index in [0.717, 1.165) is 24.9 Å². The molecule has 0 saturated carbocycles. The SMILES string of the molecule is CC(CO)(NCCCCC#N)c1ccccc1. The maximum Gasteiger partial charge on any atom is 0.0652 e. The second kappa shape index (κ2) is 7.05. The quantitative estimate of drug-likeness (QED) is 0.708. The van der Waals surface area contributed by atoms with Gasteiger partial charge in [-0.25, -0.2) is 0 Å². The van der Waals surface area contributed by atoms with Gasteiger partial charge in [0.2, 0.25) is 0 Å². The van der Waals surface area contributed by atoms with Crippen LogP contribution in [0.3, 0.4) is 0 Å². The van der Waals surface area contributed by atoms with Crippen molar-refractivity contribution in [2.75, 3.05) is 13.2 Å². The minimum absolute atomic E-state index is 0.0647. The van der Waals surface area contributed by atoms with Gasteiger partial charge in [-0.3, -0.25) is 0 Å². The number of hydrogen-bond acceptors (Lipinski definition) is 3. The fourth-order valence-corrected chi connectivity index (χ4v) is 1.75. The summed E-state index contributed by atoms with van der Waals surface area (Å²) in [5.74, 6) is 0. The molecule has 1 unspecified atom stereocenters. The summed E-state index contributed by atoms with van der Waals surface area (Å²) in [6.45, 7) is 2.87. The third kappa shape index (κ3) is 4.18. The van der Waals surface area contributed by atoms with Gasteiger partial charge in [0.15, 0.2) is 0 Å². The first-order valence-corrected chi connectivity index (χ1v) is 6.01. The van der Waals surface area contributed by atoms with Gasteiger partial charge in [-0.15, -0.1) is 0 Å². The van der Waals surface area contributed by atoms with Crippen molar-refractivity contribution in [3.63, 3.8) is 0 Å². The first kappa shape index (κ1) is 13.7. The van der Waals surface area contributed by atoms with Crippen LogP contribution in [0, 0.1) is 11.3 Å². The lowest BCUT2D eigenvalue weighted by molar-refractivity contribution is 0.175. The summed E-state index contributed by atoms with van der Waals surface area (Å²) in [5, 5.41) is 21.3. The van der Waals surface area contributed by atoms with Crippen LogP contribution in [0.25, 0.3) is 0 Å². The van der Waals surface area contributed by atoms with E-state index in [2.05, 4.69) is 11.4 Å². The third-order valence-corrected chi connectivity index (χ3v) is 2.96. The Bertz CT molecular complexity index is 358. The number of nitrogens with zero attached hydrogens (tertiary/aromatic N) is 1. The molecule has 17 heavy (non-hydrogen) atoms. The molecule has 2 N–H and O–H groups in total. The summed E-state index contributed by atoms with van der Waals surface area (Å²) < 4.78 is 0. The maximum absolute atomic E-state index is 9.53. The van der Waals surface area contributed by atoms with Crippen molar-refractivity contribution < 1.29 is 5.11 Å². The smallest absolute Gasteiger partial charge is 0.0652 e. The lowest BCUT2D eigenvalue weighted by atomic mass is 9.93. The molecule has 0 aliphatic carbocycles. The first-order valence-electron chi connectivity index (χ1n) is 6.01. The van der Waals surface area contributed by atoms with E-state index in [-0.39, 0.29) is 6.61 Å². The van der Waals surface area contributed by atoms with Crippen LogP contribution in [0.1, 0.15) is 31.7 Å². The molecule has 0 fully saturated rings. The molecular formula is C14H20N2O. The zero-order valence-electron chi connectivity index (χ0n) is 10.3. The molecule has 0 aliphatic rings. The van der Waals surface area contributed by atoms with Crippen molar-refractivity contribution in [2.24, 2.45) is 0 Å². The molecule has 1 aromatic rings. The fourth-order valence-electron chi connectivity index (χ4n) is 1.75. The standard InChI is InChI=1S/C14H20N2O/c1-14(12-17,13-8-4-2-5-9-13)16-11-7-3-6-10-15/h2,4-5,8-9,16-17H,3,6-7,11-12H2,1H3. The van der Waals surface area contributed by atoms with Gasteiger partial charge in [0, 0.05) is 6.42 Å². The Hall–Kier alpha value is -1.37. The molecular weight excluding hydrogens is 212 g/mol. The number of rotatable bonds is 7. The summed E-state index contributed by atoms with van der Waals surface area (Å²) in [7, 11) is 0. The molecule has 1 rings (SSSR count). The van der Waals surface area contributed by atoms with Crippen LogP contribution in [0.15, 0.2) is 30.3 Å². The average molecular weight is 232 g/mol. The maximum atomic E-state index is 9.53. The Morgan fingerprint density at radius 1 is 1.29 bits per heavy atom. The number of aliphatic hydroxyl groups excluding tert-OH is 1. The predicted molar refractivity (Wildman–Crippen MR) is 68.3 cm³/mol. The highest BCUT2D eigenvalue weighted by Crippen LogP contribution is 2.19. The molecule has 0 heterocycles. The number of hydrogen-bond donors (Lipinski definition) is 2. The number of nitrogens with one attached hydrogen (secondary N) is 1. The van der Waals surface area contributed by atoms with Crippen molar-refractivity contribution in [1.82, 2.24) is 5.32 Å². The molecule has 1 atom stereocenters. The second-order valence-corrected chi connectivity index (χ2v) is 4.40. The fraction of sp³-hybridized carbons (Fsp3) is 0.500. The van der Waals surface area contributed by atoms with E-state index in [1.54, 1.807) is 0 Å². The molecule has 0 aromatic heterocycles. The lowest BCUT2D eigenvalue weighted by Crippen LogP contribution is -2.43. The first-order chi connectivity index (χ1) is 8.23. The second-order valence-electron chi connectivity index (χ2n) is 4.40. The number of benzene rings is 1. The summed E-state index contributed by atoms with van der Waals surface area (Å²) in [5.41, 5.74) is 0.691. The van der Waals surface area contributed by atoms with Crippen LogP contribution in [0.5, 0.6) is 0 Å². The summed E-state index contributed by atoms with van der Waals surface area (Å²) in [6, 6.07) is 12.1. The minimum atomic E-state index is -0.395. The molecule has 0 saturated heterocycles. The molecule has 92 valence electrons. The third-order valence-electron chi connectivity index (χ3n) is 2.96. The van der Waals surface area contributed by atoms with E-state index in [9.17, 15) is 5.11 Å². The van der Waals surface area contributed by atoms with E-state index in [1.807, 2.05) is 37.3 Å². The average Bonchev–Trinajstić information content (AvgIpc) is 2.39. The van der Waals surface area contributed by atoms with Gasteiger partial charge in [-0.2, -0.15) is 5.26 Å². The van der Waals surface area contributed by atoms with Gasteiger partial charge in [0.05, 0.1) is 18.2 Å². The Kier molecular flexibility index (Phi) is 5.68. The highest BCUT2D eigenvalue weighted by atomic mass is 16.3. The van der Waals surface area contributed by atoms with E-state index < -0.39 is 5.54 Å². The molecule has 0 aliphatic heterocycles. The van der Waals surface area contributed by atoms with Crippen molar-refractivity contribution in [1.29, 1.82) is 5.26 Å². The van der Waals surface area contributed by atoms with Crippen LogP contribution in [0.2, 0.25) is 0 Å². The summed E-state index contributed by atoms with van der Waals surface area (Å²) in [6.07, 6.45) is 2.46. The molecule has 0 bridgehead atoms. The Morgan fingerprint density at radius 2 is 2.00 bits per heavy atom. The van der Waals surface area contributed by atoms with Crippen LogP contribution in [-0.2, 0) is 5.54 Å². The normalized spacial score (nSPS) is 13.9. The highest BCUT2D eigenvalue weighted by Gasteiger charge is 2.24. The topological polar surface area (TPSA) is 56.0 Å². The van der Waals surface area contributed by atoms with Gasteiger partial charge in [-0.05, 0) is 31.9 Å². The largest absolute Gasteiger partial charge is 0.394 e. The summed E-state index contributed by atoms with van der Waals surface area (Å²) >= 11 is 0. The van der Waals surface area contributed by atoms with Crippen molar-refractivity contribution in [3.8, 4) is 6.07 Å². The number of aliphatic hydroxyl groups is 1. The van der Waals surface area contributed by atoms with Crippen LogP contribution in [0.4, 0.5) is 0 Å². The molecule has 3 nitrogen and oxygen atoms in total. The number of unbranched alkanes of at least 4 members (excludes halogenated alkanes) is 2. The molecule has 0 radical (unpaired) electrons. The predicted octanol–water partition coefficient (Wildman–Crippen LogP) is 2.18. The summed E-state index contributed by atoms with van der Waals surface area (Å²) in [4.78, 5) is 0. The molecule has 3 heteroatoms. The Morgan fingerprint density at radius 3 is 2.59 bits per heavy atom. The van der Waals surface area contributed by atoms with Crippen LogP contribution < -0.4 is 5.32 Å². The van der Waals surface area contributed by atoms with Gasteiger partial charge in [0.25, 0.3) is 0 Å². The van der Waals surface area contributed by atoms with Crippen LogP contribution >= 0.6 is 0 Å². The van der Waals surface area contributed by atoms with Crippen molar-refractivity contribution >= 4 is 0 Å². The van der Waals surface area contributed by atoms with Crippen molar-refractivity contribution in [3.05, 3.63) is 35.9 Å². The Labute approximate surface area is 103 Å². The number of nitriles is 1. The monoisotopic (exact) mass is 232 g/mol. The molecule has 0 amide bonds. The van der Waals surface area contributed by atoms with Gasteiger partial charge < -0.3 is 10.4 Å². The molecule has 0 spiro atoms. The van der Waals surface area contributed by atoms with E-state index in [4.69, 9.17) is 5.26 Å². The highest BCUT2D eigenvalue weighted by molar-refractivity contribution is 5.23. The van der Waals surface area contributed by atoms with E-state index in [0.29, 0.717) is 6.42 Å². The zero-order valence-corrected chi connectivity index (χ0v) is 10.3.